The van der Waals surface area contributed by atoms with E-state index in [1.807, 2.05) is 37.3 Å². The third-order valence-corrected chi connectivity index (χ3v) is 4.79. The molecule has 4 atom stereocenters. The summed E-state index contributed by atoms with van der Waals surface area (Å²) in [5.41, 5.74) is -0.542. The summed E-state index contributed by atoms with van der Waals surface area (Å²) in [6, 6.07) is 8.27. The second kappa shape index (κ2) is 8.62. The lowest BCUT2D eigenvalue weighted by Gasteiger charge is -2.46. The normalized spacial score (nSPS) is 27.8. The highest BCUT2D eigenvalue weighted by atomic mass is 16.7. The summed E-state index contributed by atoms with van der Waals surface area (Å²) >= 11 is 0. The Kier molecular flexibility index (Phi) is 6.75. The van der Waals surface area contributed by atoms with E-state index < -0.39 is 35.8 Å². The largest absolute Gasteiger partial charge is 0.481 e. The summed E-state index contributed by atoms with van der Waals surface area (Å²) in [5.74, 6) is -2.28. The zero-order valence-electron chi connectivity index (χ0n) is 15.4. The first-order valence-corrected chi connectivity index (χ1v) is 8.79. The average molecular weight is 365 g/mol. The van der Waals surface area contributed by atoms with Crippen molar-refractivity contribution < 1.29 is 29.3 Å². The molecule has 7 heteroatoms. The third kappa shape index (κ3) is 4.60. The Morgan fingerprint density at radius 1 is 1.31 bits per heavy atom. The average Bonchev–Trinajstić information content (AvgIpc) is 2.55. The SMILES string of the molecule is CCOC(C)O[C@H]1CN(Cc2ccccc2)[C@H](C(=O)O)[C@@](C)(C(=O)O)C1. The number of piperidine rings is 1. The highest BCUT2D eigenvalue weighted by Gasteiger charge is 2.54. The lowest BCUT2D eigenvalue weighted by molar-refractivity contribution is -0.201. The minimum absolute atomic E-state index is 0.113. The maximum Gasteiger partial charge on any atom is 0.322 e. The Morgan fingerprint density at radius 3 is 2.50 bits per heavy atom. The second-order valence-corrected chi connectivity index (χ2v) is 6.86. The predicted molar refractivity (Wildman–Crippen MR) is 94.6 cm³/mol. The van der Waals surface area contributed by atoms with Crippen LogP contribution in [0.15, 0.2) is 30.3 Å². The summed E-state index contributed by atoms with van der Waals surface area (Å²) in [5, 5.41) is 19.5. The number of carbonyl (C=O) groups is 2. The molecule has 1 heterocycles. The molecule has 1 aliphatic rings. The summed E-state index contributed by atoms with van der Waals surface area (Å²) in [4.78, 5) is 25.6. The van der Waals surface area contributed by atoms with Crippen molar-refractivity contribution in [2.45, 2.75) is 52.2 Å². The Morgan fingerprint density at radius 2 is 1.96 bits per heavy atom. The van der Waals surface area contributed by atoms with Crippen LogP contribution < -0.4 is 0 Å². The Labute approximate surface area is 153 Å². The van der Waals surface area contributed by atoms with Crippen LogP contribution >= 0.6 is 0 Å². The molecule has 2 N–H and O–H groups in total. The number of likely N-dealkylation sites (tertiary alicyclic amines) is 1. The van der Waals surface area contributed by atoms with Crippen molar-refractivity contribution in [1.82, 2.24) is 4.90 Å². The third-order valence-electron chi connectivity index (χ3n) is 4.79. The van der Waals surface area contributed by atoms with Crippen LogP contribution in [0.2, 0.25) is 0 Å². The van der Waals surface area contributed by atoms with E-state index in [1.165, 1.54) is 6.92 Å². The van der Waals surface area contributed by atoms with Gasteiger partial charge in [0.2, 0.25) is 0 Å². The van der Waals surface area contributed by atoms with Crippen LogP contribution in [-0.2, 0) is 25.6 Å². The van der Waals surface area contributed by atoms with E-state index in [0.717, 1.165) is 5.56 Å². The van der Waals surface area contributed by atoms with Crippen LogP contribution in [0.1, 0.15) is 32.8 Å². The van der Waals surface area contributed by atoms with E-state index in [1.54, 1.807) is 11.8 Å². The van der Waals surface area contributed by atoms with Crippen LogP contribution in [0.25, 0.3) is 0 Å². The minimum Gasteiger partial charge on any atom is -0.481 e. The smallest absolute Gasteiger partial charge is 0.322 e. The van der Waals surface area contributed by atoms with Crippen LogP contribution in [-0.4, -0.2) is 58.6 Å². The molecule has 0 aliphatic carbocycles. The maximum atomic E-state index is 12.0. The molecule has 0 bridgehead atoms. The van der Waals surface area contributed by atoms with Crippen molar-refractivity contribution in [1.29, 1.82) is 0 Å². The van der Waals surface area contributed by atoms with E-state index >= 15 is 0 Å². The molecule has 0 radical (unpaired) electrons. The zero-order valence-corrected chi connectivity index (χ0v) is 15.4. The maximum absolute atomic E-state index is 12.0. The summed E-state index contributed by atoms with van der Waals surface area (Å²) in [6.45, 7) is 6.23. The van der Waals surface area contributed by atoms with E-state index in [0.29, 0.717) is 19.7 Å². The highest BCUT2D eigenvalue weighted by molar-refractivity contribution is 5.86. The summed E-state index contributed by atoms with van der Waals surface area (Å²) in [7, 11) is 0. The molecule has 1 aliphatic heterocycles. The van der Waals surface area contributed by atoms with Crippen molar-refractivity contribution in [3.05, 3.63) is 35.9 Å². The second-order valence-electron chi connectivity index (χ2n) is 6.86. The molecule has 1 aromatic carbocycles. The summed E-state index contributed by atoms with van der Waals surface area (Å²) < 4.78 is 11.2. The van der Waals surface area contributed by atoms with Gasteiger partial charge >= 0.3 is 11.9 Å². The Balaban J connectivity index is 2.30. The van der Waals surface area contributed by atoms with E-state index in [9.17, 15) is 19.8 Å². The van der Waals surface area contributed by atoms with Gasteiger partial charge in [-0.1, -0.05) is 30.3 Å². The number of benzene rings is 1. The molecule has 1 fully saturated rings. The fourth-order valence-electron chi connectivity index (χ4n) is 3.66. The molecule has 0 amide bonds. The molecular weight excluding hydrogens is 338 g/mol. The van der Waals surface area contributed by atoms with Gasteiger partial charge in [0.25, 0.3) is 0 Å². The number of carboxylic acid groups (broad SMARTS) is 2. The van der Waals surface area contributed by atoms with Crippen molar-refractivity contribution in [3.63, 3.8) is 0 Å². The molecule has 2 rings (SSSR count). The van der Waals surface area contributed by atoms with Gasteiger partial charge in [-0.05, 0) is 32.8 Å². The quantitative estimate of drug-likeness (QED) is 0.682. The topological polar surface area (TPSA) is 96.3 Å². The fraction of sp³-hybridized carbons (Fsp3) is 0.579. The molecule has 26 heavy (non-hydrogen) atoms. The van der Waals surface area contributed by atoms with Gasteiger partial charge in [0.15, 0.2) is 6.29 Å². The van der Waals surface area contributed by atoms with Gasteiger partial charge in [-0.2, -0.15) is 0 Å². The number of nitrogens with zero attached hydrogens (tertiary/aromatic N) is 1. The van der Waals surface area contributed by atoms with Gasteiger partial charge in [-0.25, -0.2) is 0 Å². The van der Waals surface area contributed by atoms with Crippen LogP contribution in [0.3, 0.4) is 0 Å². The fourth-order valence-corrected chi connectivity index (χ4v) is 3.66. The number of carboxylic acids is 2. The number of ether oxygens (including phenoxy) is 2. The molecule has 7 nitrogen and oxygen atoms in total. The van der Waals surface area contributed by atoms with Gasteiger partial charge in [0.1, 0.15) is 6.04 Å². The van der Waals surface area contributed by atoms with Gasteiger partial charge in [-0.3, -0.25) is 14.5 Å². The van der Waals surface area contributed by atoms with E-state index in [4.69, 9.17) is 9.47 Å². The Bertz CT molecular complexity index is 622. The Hall–Kier alpha value is -1.96. The molecule has 0 saturated carbocycles. The van der Waals surface area contributed by atoms with E-state index in [2.05, 4.69) is 0 Å². The molecule has 1 saturated heterocycles. The van der Waals surface area contributed by atoms with Gasteiger partial charge < -0.3 is 19.7 Å². The van der Waals surface area contributed by atoms with Crippen LogP contribution in [0.5, 0.6) is 0 Å². The molecule has 1 unspecified atom stereocenters. The van der Waals surface area contributed by atoms with Crippen LogP contribution in [0.4, 0.5) is 0 Å². The van der Waals surface area contributed by atoms with Crippen molar-refractivity contribution in [2.24, 2.45) is 5.41 Å². The van der Waals surface area contributed by atoms with Gasteiger partial charge in [0, 0.05) is 19.7 Å². The van der Waals surface area contributed by atoms with Crippen LogP contribution in [0, 0.1) is 5.41 Å². The number of rotatable bonds is 8. The highest BCUT2D eigenvalue weighted by Crippen LogP contribution is 2.38. The lowest BCUT2D eigenvalue weighted by Crippen LogP contribution is -2.62. The minimum atomic E-state index is -1.46. The first-order valence-electron chi connectivity index (χ1n) is 8.79. The molecule has 144 valence electrons. The van der Waals surface area contributed by atoms with Crippen molar-refractivity contribution >= 4 is 11.9 Å². The van der Waals surface area contributed by atoms with Gasteiger partial charge in [0.05, 0.1) is 11.5 Å². The summed E-state index contributed by atoms with van der Waals surface area (Å²) in [6.07, 6.45) is -0.804. The number of aliphatic carboxylic acids is 2. The predicted octanol–water partition coefficient (Wildman–Crippen LogP) is 2.20. The van der Waals surface area contributed by atoms with Crippen molar-refractivity contribution in [3.8, 4) is 0 Å². The number of hydrogen-bond acceptors (Lipinski definition) is 5. The molecular formula is C19H27NO6. The van der Waals surface area contributed by atoms with E-state index in [-0.39, 0.29) is 6.42 Å². The molecule has 0 aromatic heterocycles. The monoisotopic (exact) mass is 365 g/mol. The van der Waals surface area contributed by atoms with Crippen molar-refractivity contribution in [2.75, 3.05) is 13.2 Å². The lowest BCUT2D eigenvalue weighted by atomic mass is 9.73. The zero-order chi connectivity index (χ0) is 19.3. The molecule has 0 spiro atoms. The first kappa shape index (κ1) is 20.4. The molecule has 1 aromatic rings. The first-order chi connectivity index (χ1) is 12.3. The van der Waals surface area contributed by atoms with Gasteiger partial charge in [-0.15, -0.1) is 0 Å². The standard InChI is InChI=1S/C19H27NO6/c1-4-25-13(2)26-15-10-19(3,18(23)24)16(17(21)22)20(12-15)11-14-8-6-5-7-9-14/h5-9,13,15-16H,4,10-12H2,1-3H3,(H,21,22)(H,23,24)/t13?,15-,16-,19+/m1/s1. The number of hydrogen-bond donors (Lipinski definition) is 2.